The van der Waals surface area contributed by atoms with Gasteiger partial charge in [0.2, 0.25) is 5.91 Å². The van der Waals surface area contributed by atoms with Crippen LogP contribution in [0.25, 0.3) is 0 Å². The van der Waals surface area contributed by atoms with E-state index in [1.54, 1.807) is 13.8 Å². The van der Waals surface area contributed by atoms with Crippen molar-refractivity contribution in [2.75, 3.05) is 13.2 Å². The molecular formula is C20H24N2O5S2. The van der Waals surface area contributed by atoms with Gasteiger partial charge >= 0.3 is 11.9 Å². The van der Waals surface area contributed by atoms with Crippen LogP contribution in [0.5, 0.6) is 0 Å². The van der Waals surface area contributed by atoms with Crippen LogP contribution in [0, 0.1) is 0 Å². The van der Waals surface area contributed by atoms with Gasteiger partial charge in [-0.15, -0.1) is 11.3 Å². The minimum atomic E-state index is -0.736. The molecule has 1 aromatic heterocycles. The van der Waals surface area contributed by atoms with E-state index in [1.165, 1.54) is 28.0 Å². The van der Waals surface area contributed by atoms with Gasteiger partial charge in [-0.2, -0.15) is 0 Å². The number of hydrogen-bond donors (Lipinski definition) is 1. The summed E-state index contributed by atoms with van der Waals surface area (Å²) in [5, 5.41) is 1.87. The minimum absolute atomic E-state index is 0.0230. The van der Waals surface area contributed by atoms with Crippen LogP contribution < -0.4 is 5.73 Å². The van der Waals surface area contributed by atoms with Crippen LogP contribution in [0.4, 0.5) is 0 Å². The highest BCUT2D eigenvalue weighted by Crippen LogP contribution is 2.50. The number of amides is 1. The number of thioether (sulfide) groups is 1. The van der Waals surface area contributed by atoms with Crippen molar-refractivity contribution in [2.45, 2.75) is 44.8 Å². The van der Waals surface area contributed by atoms with Crippen molar-refractivity contribution in [1.29, 1.82) is 0 Å². The molecule has 0 aromatic carbocycles. The van der Waals surface area contributed by atoms with Crippen molar-refractivity contribution in [2.24, 2.45) is 5.73 Å². The first-order valence-electron chi connectivity index (χ1n) is 9.54. The fraction of sp³-hybridized carbons (Fsp3) is 0.450. The molecule has 1 amide bonds. The number of fused-ring (bicyclic) bond motifs is 1. The van der Waals surface area contributed by atoms with Crippen molar-refractivity contribution in [3.63, 3.8) is 0 Å². The normalized spacial score (nSPS) is 21.5. The quantitative estimate of drug-likeness (QED) is 0.518. The molecule has 0 saturated carbocycles. The Kier molecular flexibility index (Phi) is 6.69. The Labute approximate surface area is 177 Å². The van der Waals surface area contributed by atoms with Crippen LogP contribution in [-0.2, 0) is 23.9 Å². The summed E-state index contributed by atoms with van der Waals surface area (Å²) in [6.45, 7) is 5.87. The monoisotopic (exact) mass is 436 g/mol. The standard InChI is InChI=1S/C20H24N2O5S2/c1-4-6-9-27-19(24)14-13(12-8-7-10-28-12)15(20(25)26-5-2)18-22(16(14)21)17(23)11(3)29-18/h7-8,10-11,13H,4-6,9,21H2,1-3H3/t11-,13+/m1/s1. The van der Waals surface area contributed by atoms with Crippen molar-refractivity contribution in [1.82, 2.24) is 4.90 Å². The maximum Gasteiger partial charge on any atom is 0.338 e. The van der Waals surface area contributed by atoms with Gasteiger partial charge in [-0.1, -0.05) is 31.2 Å². The Morgan fingerprint density at radius 1 is 1.21 bits per heavy atom. The van der Waals surface area contributed by atoms with Gasteiger partial charge in [0, 0.05) is 4.88 Å². The van der Waals surface area contributed by atoms with Crippen LogP contribution in [0.2, 0.25) is 0 Å². The Morgan fingerprint density at radius 3 is 2.55 bits per heavy atom. The summed E-state index contributed by atoms with van der Waals surface area (Å²) in [5.74, 6) is -2.16. The summed E-state index contributed by atoms with van der Waals surface area (Å²) in [4.78, 5) is 40.8. The van der Waals surface area contributed by atoms with E-state index in [0.29, 0.717) is 11.4 Å². The third-order valence-electron chi connectivity index (χ3n) is 4.66. The van der Waals surface area contributed by atoms with Crippen LogP contribution in [0.15, 0.2) is 39.5 Å². The van der Waals surface area contributed by atoms with Gasteiger partial charge in [-0.3, -0.25) is 9.69 Å². The van der Waals surface area contributed by atoms with Gasteiger partial charge in [0.1, 0.15) is 5.82 Å². The molecule has 3 heterocycles. The number of carbonyl (C=O) groups is 3. The molecule has 2 aliphatic heterocycles. The van der Waals surface area contributed by atoms with Crippen molar-refractivity contribution < 1.29 is 23.9 Å². The summed E-state index contributed by atoms with van der Waals surface area (Å²) in [7, 11) is 0. The number of nitrogens with two attached hydrogens (primary N) is 1. The zero-order chi connectivity index (χ0) is 21.1. The topological polar surface area (TPSA) is 98.9 Å². The van der Waals surface area contributed by atoms with Gasteiger partial charge in [0.05, 0.1) is 40.6 Å². The summed E-state index contributed by atoms with van der Waals surface area (Å²) < 4.78 is 10.7. The van der Waals surface area contributed by atoms with E-state index in [4.69, 9.17) is 15.2 Å². The second kappa shape index (κ2) is 9.04. The average Bonchev–Trinajstić information content (AvgIpc) is 3.30. The lowest BCUT2D eigenvalue weighted by Crippen LogP contribution is -2.40. The Hall–Kier alpha value is -2.26. The van der Waals surface area contributed by atoms with Crippen molar-refractivity contribution in [3.8, 4) is 0 Å². The van der Waals surface area contributed by atoms with Gasteiger partial charge in [0.25, 0.3) is 0 Å². The highest BCUT2D eigenvalue weighted by molar-refractivity contribution is 8.04. The Balaban J connectivity index is 2.17. The highest BCUT2D eigenvalue weighted by atomic mass is 32.2. The first-order valence-corrected chi connectivity index (χ1v) is 11.3. The molecule has 0 spiro atoms. The number of esters is 2. The number of hydrogen-bond acceptors (Lipinski definition) is 8. The predicted molar refractivity (Wildman–Crippen MR) is 112 cm³/mol. The third kappa shape index (κ3) is 3.93. The summed E-state index contributed by atoms with van der Waals surface area (Å²) in [5.41, 5.74) is 6.71. The zero-order valence-electron chi connectivity index (χ0n) is 16.6. The number of rotatable bonds is 7. The van der Waals surface area contributed by atoms with Gasteiger partial charge in [-0.05, 0) is 31.7 Å². The molecule has 2 atom stereocenters. The lowest BCUT2D eigenvalue weighted by atomic mass is 9.86. The first kappa shape index (κ1) is 21.4. The summed E-state index contributed by atoms with van der Waals surface area (Å²) in [6.07, 6.45) is 1.58. The van der Waals surface area contributed by atoms with Gasteiger partial charge < -0.3 is 15.2 Å². The number of ether oxygens (including phenoxy) is 2. The number of carbonyl (C=O) groups excluding carboxylic acids is 3. The van der Waals surface area contributed by atoms with E-state index >= 15 is 0 Å². The maximum absolute atomic E-state index is 13.0. The second-order valence-corrected chi connectivity index (χ2v) is 8.92. The number of thiophene rings is 1. The molecule has 0 aliphatic carbocycles. The summed E-state index contributed by atoms with van der Waals surface area (Å²) >= 11 is 2.66. The Morgan fingerprint density at radius 2 is 1.93 bits per heavy atom. The molecule has 156 valence electrons. The number of unbranched alkanes of at least 4 members (excludes halogenated alkanes) is 1. The molecule has 0 unspecified atom stereocenters. The van der Waals surface area contributed by atoms with E-state index in [-0.39, 0.29) is 36.1 Å². The second-order valence-electron chi connectivity index (χ2n) is 6.61. The average molecular weight is 437 g/mol. The molecule has 0 bridgehead atoms. The van der Waals surface area contributed by atoms with Crippen LogP contribution >= 0.6 is 23.1 Å². The largest absolute Gasteiger partial charge is 0.463 e. The fourth-order valence-electron chi connectivity index (χ4n) is 3.26. The molecule has 2 N–H and O–H groups in total. The Bertz CT molecular complexity index is 875. The highest BCUT2D eigenvalue weighted by Gasteiger charge is 2.49. The van der Waals surface area contributed by atoms with Crippen molar-refractivity contribution >= 4 is 40.9 Å². The smallest absolute Gasteiger partial charge is 0.338 e. The van der Waals surface area contributed by atoms with E-state index in [2.05, 4.69) is 0 Å². The SMILES string of the molecule is CCCCOC(=O)C1=C(N)N2C(=O)[C@@H](C)SC2=C(C(=O)OCC)[C@H]1c1cccs1. The van der Waals surface area contributed by atoms with E-state index in [9.17, 15) is 14.4 Å². The number of nitrogens with zero attached hydrogens (tertiary/aromatic N) is 1. The minimum Gasteiger partial charge on any atom is -0.463 e. The molecule has 1 aromatic rings. The molecule has 2 aliphatic rings. The fourth-order valence-corrected chi connectivity index (χ4v) is 5.27. The molecule has 0 radical (unpaired) electrons. The predicted octanol–water partition coefficient (Wildman–Crippen LogP) is 3.10. The first-order chi connectivity index (χ1) is 13.9. The molecule has 7 nitrogen and oxygen atoms in total. The maximum atomic E-state index is 13.0. The molecule has 9 heteroatoms. The van der Waals surface area contributed by atoms with Gasteiger partial charge in [-0.25, -0.2) is 9.59 Å². The van der Waals surface area contributed by atoms with Crippen LogP contribution in [0.1, 0.15) is 44.4 Å². The van der Waals surface area contributed by atoms with E-state index in [0.717, 1.165) is 11.3 Å². The van der Waals surface area contributed by atoms with Crippen LogP contribution in [-0.4, -0.2) is 41.2 Å². The molecular weight excluding hydrogens is 412 g/mol. The zero-order valence-corrected chi connectivity index (χ0v) is 18.2. The summed E-state index contributed by atoms with van der Waals surface area (Å²) in [6, 6.07) is 3.67. The molecule has 1 saturated heterocycles. The molecule has 1 fully saturated rings. The lowest BCUT2D eigenvalue weighted by molar-refractivity contribution is -0.140. The third-order valence-corrected chi connectivity index (χ3v) is 6.78. The molecule has 29 heavy (non-hydrogen) atoms. The van der Waals surface area contributed by atoms with E-state index < -0.39 is 23.1 Å². The van der Waals surface area contributed by atoms with Gasteiger partial charge in [0.15, 0.2) is 0 Å². The van der Waals surface area contributed by atoms with E-state index in [1.807, 2.05) is 24.4 Å². The molecule has 3 rings (SSSR count). The van der Waals surface area contributed by atoms with Crippen molar-refractivity contribution in [3.05, 3.63) is 44.4 Å². The van der Waals surface area contributed by atoms with Crippen LogP contribution in [0.3, 0.4) is 0 Å². The lowest BCUT2D eigenvalue weighted by Gasteiger charge is -2.32.